The predicted octanol–water partition coefficient (Wildman–Crippen LogP) is 39.0. The van der Waals surface area contributed by atoms with Gasteiger partial charge in [-0.25, -0.2) is 0 Å². The van der Waals surface area contributed by atoms with Crippen LogP contribution in [0.15, 0.2) is 483 Å². The van der Waals surface area contributed by atoms with Crippen molar-refractivity contribution in [1.82, 2.24) is 0 Å². The molecular formula is C132H76O5S. The van der Waals surface area contributed by atoms with E-state index in [2.05, 4.69) is 443 Å². The fourth-order valence-electron chi connectivity index (χ4n) is 22.7. The van der Waals surface area contributed by atoms with Gasteiger partial charge in [-0.1, -0.05) is 352 Å². The summed E-state index contributed by atoms with van der Waals surface area (Å²) in [6.45, 7) is 0. The van der Waals surface area contributed by atoms with E-state index in [1.54, 1.807) is 0 Å². The van der Waals surface area contributed by atoms with Gasteiger partial charge in [-0.15, -0.1) is 11.3 Å². The quantitative estimate of drug-likeness (QED) is 0.149. The molecule has 0 aliphatic carbocycles. The standard InChI is InChI=1S/C48H28O2.C42H24O2.C42H24OS/c1-2-11-31-28-46-42(25-30(31)10-1)41-27-34(21-23-45(41)50-46)48-38-17-5-3-15-36(38)47(37-16-4-6-18-39(37)48)33-13-9-12-29(24-33)32-20-22-44-40(26-32)35-14-7-8-19-43(35)49-44;1-2-11-26-24-39-36(22-25(26)10-1)35-23-27(20-21-38(35)43-39)40-29-13-3-5-15-31(29)41(32-16-6-4-14-30(32)40)34-18-9-17-33-28-12-7-8-19-37(28)44-42(33)34;1-2-11-26-24-38-36(22-25(26)10-1)35-23-27(20-21-37(35)43-38)40-29-13-3-5-15-31(29)41(32-16-6-4-14-30(32)40)34-18-9-17-33-28-12-7-8-19-39(28)44-42(33)34/h1-28H;2*1-24H. The second-order valence-electron chi connectivity index (χ2n) is 36.5. The van der Waals surface area contributed by atoms with Crippen molar-refractivity contribution in [2.45, 2.75) is 0 Å². The second kappa shape index (κ2) is 30.8. The van der Waals surface area contributed by atoms with Crippen molar-refractivity contribution >= 4 is 238 Å². The van der Waals surface area contributed by atoms with Gasteiger partial charge in [0.2, 0.25) is 0 Å². The molecule has 0 spiro atoms. The van der Waals surface area contributed by atoms with Crippen LogP contribution in [-0.2, 0) is 0 Å². The Labute approximate surface area is 793 Å². The number of para-hydroxylation sites is 3. The van der Waals surface area contributed by atoms with Crippen LogP contribution in [0.25, 0.3) is 305 Å². The summed E-state index contributed by atoms with van der Waals surface area (Å²) in [4.78, 5) is 0. The lowest BCUT2D eigenvalue weighted by Gasteiger charge is -2.18. The van der Waals surface area contributed by atoms with Gasteiger partial charge in [-0.05, 0) is 267 Å². The topological polar surface area (TPSA) is 65.7 Å². The summed E-state index contributed by atoms with van der Waals surface area (Å²) in [6.07, 6.45) is 0. The smallest absolute Gasteiger partial charge is 0.143 e. The van der Waals surface area contributed by atoms with Gasteiger partial charge in [0, 0.05) is 90.7 Å². The Bertz CT molecular complexity index is 10100. The van der Waals surface area contributed by atoms with Gasteiger partial charge in [-0.2, -0.15) is 0 Å². The molecule has 0 N–H and O–H groups in total. The molecule has 640 valence electrons. The maximum Gasteiger partial charge on any atom is 0.143 e. The molecule has 31 rings (SSSR count). The maximum atomic E-state index is 6.55. The molecule has 0 bridgehead atoms. The van der Waals surface area contributed by atoms with E-state index in [-0.39, 0.29) is 0 Å². The molecule has 31 aromatic rings. The zero-order valence-electron chi connectivity index (χ0n) is 74.3. The monoisotopic (exact) mass is 1770 g/mol. The molecule has 0 aliphatic rings. The van der Waals surface area contributed by atoms with Crippen molar-refractivity contribution in [3.63, 3.8) is 0 Å². The Morgan fingerprint density at radius 1 is 0.130 bits per heavy atom. The van der Waals surface area contributed by atoms with Crippen molar-refractivity contribution in [2.75, 3.05) is 0 Å². The Morgan fingerprint density at radius 3 is 0.804 bits per heavy atom. The van der Waals surface area contributed by atoms with E-state index >= 15 is 0 Å². The summed E-state index contributed by atoms with van der Waals surface area (Å²) in [5.41, 5.74) is 26.2. The van der Waals surface area contributed by atoms with Crippen LogP contribution in [0.3, 0.4) is 0 Å². The molecule has 0 saturated heterocycles. The molecule has 0 atom stereocenters. The fourth-order valence-corrected chi connectivity index (χ4v) is 23.9. The molecule has 6 aromatic heterocycles. The van der Waals surface area contributed by atoms with Crippen LogP contribution in [0, 0.1) is 0 Å². The van der Waals surface area contributed by atoms with Crippen LogP contribution in [0.5, 0.6) is 0 Å². The highest BCUT2D eigenvalue weighted by Gasteiger charge is 2.27. The van der Waals surface area contributed by atoms with Crippen LogP contribution >= 0.6 is 11.3 Å². The Hall–Kier alpha value is -17.9. The average molecular weight is 1770 g/mol. The van der Waals surface area contributed by atoms with E-state index in [0.29, 0.717) is 0 Å². The van der Waals surface area contributed by atoms with Crippen molar-refractivity contribution in [3.8, 4) is 77.9 Å². The van der Waals surface area contributed by atoms with Gasteiger partial charge in [-0.3, -0.25) is 0 Å². The van der Waals surface area contributed by atoms with Crippen molar-refractivity contribution in [1.29, 1.82) is 0 Å². The lowest BCUT2D eigenvalue weighted by atomic mass is 9.85. The molecule has 6 heterocycles. The third kappa shape index (κ3) is 12.2. The Kier molecular flexibility index (Phi) is 17.3. The average Bonchev–Trinajstić information content (AvgIpc) is 1.35. The first kappa shape index (κ1) is 77.6. The van der Waals surface area contributed by atoms with E-state index < -0.39 is 0 Å². The number of hydrogen-bond acceptors (Lipinski definition) is 6. The molecule has 138 heavy (non-hydrogen) atoms. The summed E-state index contributed by atoms with van der Waals surface area (Å²) < 4.78 is 34.5. The SMILES string of the molecule is c1cc(-c2ccc3oc4ccccc4c3c2)cc(-c2c3ccccc3c(-c3ccc4oc5cc6ccccc6cc5c4c3)c3ccccc23)c1.c1ccc2cc3c(cc2c1)oc1ccc(-c2c4ccccc4c(-c4cccc5c4oc4ccccc45)c4ccccc24)cc13.c1ccc2cc3c(cc2c1)oc1ccc(-c2c4ccccc4c(-c4cccc5c4sc4ccccc45)c4ccccc24)cc13. The summed E-state index contributed by atoms with van der Waals surface area (Å²) >= 11 is 1.89. The minimum atomic E-state index is 0.904. The summed E-state index contributed by atoms with van der Waals surface area (Å²) in [6, 6.07) is 166. The lowest BCUT2D eigenvalue weighted by molar-refractivity contribution is 0.668. The van der Waals surface area contributed by atoms with E-state index in [9.17, 15) is 0 Å². The highest BCUT2D eigenvalue weighted by molar-refractivity contribution is 7.26. The molecule has 0 radical (unpaired) electrons. The third-order valence-electron chi connectivity index (χ3n) is 28.9. The molecule has 0 aliphatic heterocycles. The molecule has 0 amide bonds. The highest BCUT2D eigenvalue weighted by atomic mass is 32.1. The minimum Gasteiger partial charge on any atom is -0.456 e. The molecule has 5 nitrogen and oxygen atoms in total. The van der Waals surface area contributed by atoms with Gasteiger partial charge in [0.25, 0.3) is 0 Å². The number of benzene rings is 25. The van der Waals surface area contributed by atoms with Crippen molar-refractivity contribution in [2.24, 2.45) is 0 Å². The molecule has 0 saturated carbocycles. The van der Waals surface area contributed by atoms with E-state index in [0.717, 1.165) is 115 Å². The number of furan rings is 5. The van der Waals surface area contributed by atoms with Crippen molar-refractivity contribution < 1.29 is 22.1 Å². The van der Waals surface area contributed by atoms with Crippen LogP contribution in [0.1, 0.15) is 0 Å². The van der Waals surface area contributed by atoms with Gasteiger partial charge in [0.1, 0.15) is 55.8 Å². The van der Waals surface area contributed by atoms with Gasteiger partial charge < -0.3 is 22.1 Å². The number of fused-ring (bicyclic) bond motifs is 27. The maximum absolute atomic E-state index is 6.55. The van der Waals surface area contributed by atoms with E-state index in [1.165, 1.54) is 189 Å². The second-order valence-corrected chi connectivity index (χ2v) is 37.6. The van der Waals surface area contributed by atoms with Gasteiger partial charge in [0.05, 0.1) is 0 Å². The lowest BCUT2D eigenvalue weighted by Crippen LogP contribution is -1.91. The van der Waals surface area contributed by atoms with Gasteiger partial charge in [0.15, 0.2) is 0 Å². The van der Waals surface area contributed by atoms with Crippen LogP contribution < -0.4 is 0 Å². The van der Waals surface area contributed by atoms with E-state index in [4.69, 9.17) is 22.1 Å². The fraction of sp³-hybridized carbons (Fsp3) is 0. The largest absolute Gasteiger partial charge is 0.456 e. The molecule has 0 fully saturated rings. The zero-order chi connectivity index (χ0) is 90.3. The van der Waals surface area contributed by atoms with Crippen molar-refractivity contribution in [3.05, 3.63) is 461 Å². The summed E-state index contributed by atoms with van der Waals surface area (Å²) in [7, 11) is 0. The minimum absolute atomic E-state index is 0.904. The molecule has 25 aromatic carbocycles. The van der Waals surface area contributed by atoms with Gasteiger partial charge >= 0.3 is 0 Å². The molecule has 0 unspecified atom stereocenters. The highest BCUT2D eigenvalue weighted by Crippen LogP contribution is 2.53. The number of hydrogen-bond donors (Lipinski definition) is 0. The first-order valence-electron chi connectivity index (χ1n) is 47.1. The zero-order valence-corrected chi connectivity index (χ0v) is 75.1. The summed E-state index contributed by atoms with van der Waals surface area (Å²) in [5, 5.41) is 36.1. The van der Waals surface area contributed by atoms with E-state index in [1.807, 2.05) is 29.5 Å². The Balaban J connectivity index is 0.000000100. The number of thiophene rings is 1. The summed E-state index contributed by atoms with van der Waals surface area (Å²) in [5.74, 6) is 0. The third-order valence-corrected chi connectivity index (χ3v) is 30.1. The Morgan fingerprint density at radius 2 is 0.384 bits per heavy atom. The molecular weight excluding hydrogens is 1700 g/mol. The van der Waals surface area contributed by atoms with Crippen LogP contribution in [0.2, 0.25) is 0 Å². The first-order chi connectivity index (χ1) is 68.4. The van der Waals surface area contributed by atoms with Crippen LogP contribution in [-0.4, -0.2) is 0 Å². The normalized spacial score (nSPS) is 12.1. The molecule has 6 heteroatoms. The predicted molar refractivity (Wildman–Crippen MR) is 584 cm³/mol. The number of rotatable bonds is 7. The van der Waals surface area contributed by atoms with Crippen LogP contribution in [0.4, 0.5) is 0 Å². The first-order valence-corrected chi connectivity index (χ1v) is 47.9.